The van der Waals surface area contributed by atoms with Crippen LogP contribution in [0.2, 0.25) is 0 Å². The van der Waals surface area contributed by atoms with Crippen molar-refractivity contribution >= 4 is 11.6 Å². The largest absolute Gasteiger partial charge is 0.310 e. The van der Waals surface area contributed by atoms with Gasteiger partial charge in [-0.3, -0.25) is 0 Å². The summed E-state index contributed by atoms with van der Waals surface area (Å²) in [6.07, 6.45) is 11.6. The van der Waals surface area contributed by atoms with Crippen molar-refractivity contribution in [2.45, 2.75) is 38.8 Å². The minimum Gasteiger partial charge on any atom is -0.310 e. The molecule has 2 aromatic heterocycles. The Labute approximate surface area is 163 Å². The average molecular weight is 371 g/mol. The van der Waals surface area contributed by atoms with E-state index in [1.807, 2.05) is 36.5 Å². The van der Waals surface area contributed by atoms with E-state index in [0.717, 1.165) is 37.3 Å². The maximum Gasteiger partial charge on any atom is 0.174 e. The van der Waals surface area contributed by atoms with Gasteiger partial charge in [-0.05, 0) is 30.6 Å². The molecule has 7 heteroatoms. The molecular weight excluding hydrogens is 350 g/mol. The molecule has 0 saturated carbocycles. The van der Waals surface area contributed by atoms with Gasteiger partial charge in [-0.2, -0.15) is 5.26 Å². The summed E-state index contributed by atoms with van der Waals surface area (Å²) < 4.78 is 3.87. The van der Waals surface area contributed by atoms with E-state index >= 15 is 0 Å². The van der Waals surface area contributed by atoms with E-state index in [9.17, 15) is 5.26 Å². The molecule has 0 aliphatic carbocycles. The summed E-state index contributed by atoms with van der Waals surface area (Å²) in [6.45, 7) is 1.54. The SMILES string of the molecule is N#C/C(=C\C=C\c1cn(Cc2ccccc2)nn1)c1nnc2n1CCCCC2. The second kappa shape index (κ2) is 8.44. The third-order valence-corrected chi connectivity index (χ3v) is 4.74. The van der Waals surface area contributed by atoms with Gasteiger partial charge in [0.1, 0.15) is 17.6 Å². The first-order valence-corrected chi connectivity index (χ1v) is 9.48. The molecule has 0 N–H and O–H groups in total. The van der Waals surface area contributed by atoms with Crippen LogP contribution in [0.1, 0.15) is 42.2 Å². The van der Waals surface area contributed by atoms with Crippen molar-refractivity contribution in [1.82, 2.24) is 29.8 Å². The summed E-state index contributed by atoms with van der Waals surface area (Å²) in [7, 11) is 0. The lowest BCUT2D eigenvalue weighted by atomic mass is 10.2. The predicted molar refractivity (Wildman–Crippen MR) is 106 cm³/mol. The zero-order valence-corrected chi connectivity index (χ0v) is 15.6. The van der Waals surface area contributed by atoms with E-state index in [-0.39, 0.29) is 0 Å². The normalized spacial score (nSPS) is 14.6. The highest BCUT2D eigenvalue weighted by Crippen LogP contribution is 2.19. The molecule has 1 aromatic carbocycles. The van der Waals surface area contributed by atoms with Gasteiger partial charge < -0.3 is 4.57 Å². The van der Waals surface area contributed by atoms with Gasteiger partial charge in [-0.1, -0.05) is 48.0 Å². The molecule has 28 heavy (non-hydrogen) atoms. The smallest absolute Gasteiger partial charge is 0.174 e. The van der Waals surface area contributed by atoms with E-state index < -0.39 is 0 Å². The summed E-state index contributed by atoms with van der Waals surface area (Å²) in [5.41, 5.74) is 2.42. The Kier molecular flexibility index (Phi) is 5.38. The molecule has 0 spiro atoms. The van der Waals surface area contributed by atoms with Crippen molar-refractivity contribution in [2.75, 3.05) is 0 Å². The number of allylic oxidation sites excluding steroid dienone is 3. The van der Waals surface area contributed by atoms with Crippen molar-refractivity contribution in [3.63, 3.8) is 0 Å². The van der Waals surface area contributed by atoms with Crippen LogP contribution < -0.4 is 0 Å². The Balaban J connectivity index is 1.48. The van der Waals surface area contributed by atoms with Gasteiger partial charge in [-0.15, -0.1) is 15.3 Å². The number of aryl methyl sites for hydroxylation is 1. The van der Waals surface area contributed by atoms with Crippen LogP contribution in [0.5, 0.6) is 0 Å². The number of nitrogens with zero attached hydrogens (tertiary/aromatic N) is 7. The van der Waals surface area contributed by atoms with Crippen molar-refractivity contribution in [1.29, 1.82) is 5.26 Å². The molecule has 7 nitrogen and oxygen atoms in total. The Hall–Kier alpha value is -3.53. The van der Waals surface area contributed by atoms with E-state index in [1.165, 1.54) is 12.0 Å². The average Bonchev–Trinajstić information content (AvgIpc) is 3.26. The van der Waals surface area contributed by atoms with Crippen molar-refractivity contribution in [3.05, 3.63) is 71.6 Å². The fourth-order valence-corrected chi connectivity index (χ4v) is 3.33. The lowest BCUT2D eigenvalue weighted by molar-refractivity contribution is 0.627. The van der Waals surface area contributed by atoms with Gasteiger partial charge >= 0.3 is 0 Å². The molecule has 0 unspecified atom stereocenters. The molecule has 140 valence electrons. The molecule has 4 rings (SSSR count). The highest BCUT2D eigenvalue weighted by atomic mass is 15.4. The Bertz CT molecular complexity index is 1030. The quantitative estimate of drug-likeness (QED) is 0.508. The van der Waals surface area contributed by atoms with E-state index in [2.05, 4.69) is 43.3 Å². The number of benzene rings is 1. The topological polar surface area (TPSA) is 85.2 Å². The number of nitriles is 1. The van der Waals surface area contributed by atoms with Crippen LogP contribution in [0.15, 0.2) is 48.7 Å². The van der Waals surface area contributed by atoms with Gasteiger partial charge in [0.25, 0.3) is 0 Å². The maximum atomic E-state index is 9.57. The van der Waals surface area contributed by atoms with Crippen LogP contribution in [0.3, 0.4) is 0 Å². The predicted octanol–water partition coefficient (Wildman–Crippen LogP) is 3.26. The number of hydrogen-bond donors (Lipinski definition) is 0. The highest BCUT2D eigenvalue weighted by molar-refractivity contribution is 5.75. The molecule has 1 aliphatic rings. The van der Waals surface area contributed by atoms with Crippen LogP contribution >= 0.6 is 0 Å². The molecule has 0 atom stereocenters. The lowest BCUT2D eigenvalue weighted by Gasteiger charge is -2.04. The zero-order chi connectivity index (χ0) is 19.2. The first-order chi connectivity index (χ1) is 13.8. The summed E-state index contributed by atoms with van der Waals surface area (Å²) >= 11 is 0. The third-order valence-electron chi connectivity index (χ3n) is 4.74. The highest BCUT2D eigenvalue weighted by Gasteiger charge is 2.17. The van der Waals surface area contributed by atoms with E-state index in [0.29, 0.717) is 17.9 Å². The van der Waals surface area contributed by atoms with Gasteiger partial charge in [0.2, 0.25) is 0 Å². The number of rotatable bonds is 5. The minimum atomic E-state index is 0.508. The maximum absolute atomic E-state index is 9.57. The second-order valence-corrected chi connectivity index (χ2v) is 6.78. The molecule has 3 aromatic rings. The molecule has 1 aliphatic heterocycles. The first kappa shape index (κ1) is 17.9. The Morgan fingerprint density at radius 1 is 1.11 bits per heavy atom. The second-order valence-electron chi connectivity index (χ2n) is 6.78. The molecule has 0 amide bonds. The van der Waals surface area contributed by atoms with Gasteiger partial charge in [0.05, 0.1) is 18.3 Å². The fourth-order valence-electron chi connectivity index (χ4n) is 3.33. The van der Waals surface area contributed by atoms with Gasteiger partial charge in [-0.25, -0.2) is 4.68 Å². The van der Waals surface area contributed by atoms with Gasteiger partial charge in [0.15, 0.2) is 5.82 Å². The lowest BCUT2D eigenvalue weighted by Crippen LogP contribution is -2.05. The fraction of sp³-hybridized carbons (Fsp3) is 0.286. The van der Waals surface area contributed by atoms with Crippen LogP contribution in [0.4, 0.5) is 0 Å². The zero-order valence-electron chi connectivity index (χ0n) is 15.6. The Morgan fingerprint density at radius 2 is 2.00 bits per heavy atom. The molecular formula is C21H21N7. The number of aromatic nitrogens is 6. The van der Waals surface area contributed by atoms with Crippen LogP contribution in [-0.4, -0.2) is 29.8 Å². The molecule has 0 radical (unpaired) electrons. The van der Waals surface area contributed by atoms with E-state index in [4.69, 9.17) is 0 Å². The van der Waals surface area contributed by atoms with Crippen LogP contribution in [0, 0.1) is 11.3 Å². The summed E-state index contributed by atoms with van der Waals surface area (Å²) in [5.74, 6) is 1.62. The van der Waals surface area contributed by atoms with Gasteiger partial charge in [0, 0.05) is 13.0 Å². The molecule has 3 heterocycles. The monoisotopic (exact) mass is 371 g/mol. The van der Waals surface area contributed by atoms with Crippen molar-refractivity contribution in [2.24, 2.45) is 0 Å². The molecule has 0 fully saturated rings. The number of fused-ring (bicyclic) bond motifs is 1. The summed E-state index contributed by atoms with van der Waals surface area (Å²) in [4.78, 5) is 0. The third kappa shape index (κ3) is 4.07. The van der Waals surface area contributed by atoms with Crippen LogP contribution in [-0.2, 0) is 19.5 Å². The molecule has 0 saturated heterocycles. The van der Waals surface area contributed by atoms with Crippen molar-refractivity contribution in [3.8, 4) is 6.07 Å². The number of hydrogen-bond acceptors (Lipinski definition) is 5. The van der Waals surface area contributed by atoms with Crippen molar-refractivity contribution < 1.29 is 0 Å². The van der Waals surface area contributed by atoms with E-state index in [1.54, 1.807) is 10.8 Å². The first-order valence-electron chi connectivity index (χ1n) is 9.48. The summed E-state index contributed by atoms with van der Waals surface area (Å²) in [5, 5.41) is 26.4. The standard InChI is InChI=1S/C21H21N7/c22-14-18(21-25-24-20-12-5-2-6-13-28(20)21)10-7-11-19-16-27(26-23-19)15-17-8-3-1-4-9-17/h1,3-4,7-11,16H,2,5-6,12-13,15H2/b11-7+,18-10+. The minimum absolute atomic E-state index is 0.508. The Morgan fingerprint density at radius 3 is 2.86 bits per heavy atom. The van der Waals surface area contributed by atoms with Crippen LogP contribution in [0.25, 0.3) is 11.6 Å². The summed E-state index contributed by atoms with van der Waals surface area (Å²) in [6, 6.07) is 12.4. The molecule has 0 bridgehead atoms.